The molecule has 2 rings (SSSR count). The molecule has 1 fully saturated rings. The highest BCUT2D eigenvalue weighted by molar-refractivity contribution is 5.72. The van der Waals surface area contributed by atoms with Crippen LogP contribution in [-0.4, -0.2) is 28.8 Å². The molecule has 1 aliphatic carbocycles. The maximum absolute atomic E-state index is 11.7. The molecule has 2 N–H and O–H groups in total. The number of carbonyl (C=O) groups excluding carboxylic acids is 1. The molecule has 0 spiro atoms. The second kappa shape index (κ2) is 6.88. The van der Waals surface area contributed by atoms with Crippen molar-refractivity contribution in [2.24, 2.45) is 5.92 Å². The van der Waals surface area contributed by atoms with E-state index in [4.69, 9.17) is 4.74 Å². The molecule has 1 aliphatic rings. The zero-order chi connectivity index (χ0) is 14.5. The summed E-state index contributed by atoms with van der Waals surface area (Å²) in [7, 11) is 0. The highest BCUT2D eigenvalue weighted by Crippen LogP contribution is 2.25. The smallest absolute Gasteiger partial charge is 0.308 e. The van der Waals surface area contributed by atoms with Gasteiger partial charge in [-0.1, -0.05) is 0 Å². The summed E-state index contributed by atoms with van der Waals surface area (Å²) in [4.78, 5) is 11.7. The summed E-state index contributed by atoms with van der Waals surface area (Å²) in [5.74, 6) is 0.0814. The Hall–Kier alpha value is -1.36. The summed E-state index contributed by atoms with van der Waals surface area (Å²) >= 11 is 0. The van der Waals surface area contributed by atoms with Gasteiger partial charge in [-0.3, -0.25) is 9.89 Å². The number of nitrogens with one attached hydrogen (secondary N) is 2. The van der Waals surface area contributed by atoms with Crippen molar-refractivity contribution in [3.63, 3.8) is 0 Å². The minimum Gasteiger partial charge on any atom is -0.466 e. The third-order valence-electron chi connectivity index (χ3n) is 4.20. The van der Waals surface area contributed by atoms with Crippen LogP contribution >= 0.6 is 0 Å². The number of aromatic amines is 1. The Balaban J connectivity index is 1.76. The van der Waals surface area contributed by atoms with E-state index >= 15 is 0 Å². The Labute approximate surface area is 120 Å². The minimum atomic E-state index is -0.0209. The summed E-state index contributed by atoms with van der Waals surface area (Å²) in [5, 5.41) is 10.8. The van der Waals surface area contributed by atoms with Gasteiger partial charge >= 0.3 is 5.97 Å². The van der Waals surface area contributed by atoms with Crippen LogP contribution in [0.3, 0.4) is 0 Å². The van der Waals surface area contributed by atoms with Gasteiger partial charge < -0.3 is 10.1 Å². The van der Waals surface area contributed by atoms with Crippen LogP contribution in [0.1, 0.15) is 49.6 Å². The number of aryl methyl sites for hydroxylation is 2. The van der Waals surface area contributed by atoms with Crippen LogP contribution in [0.25, 0.3) is 0 Å². The van der Waals surface area contributed by atoms with E-state index in [0.717, 1.165) is 43.6 Å². The average molecular weight is 279 g/mol. The SMILES string of the molecule is CCOC(=O)C1CCC(NCc2c(C)n[nH]c2C)CC1. The van der Waals surface area contributed by atoms with E-state index in [2.05, 4.69) is 22.4 Å². The molecule has 5 nitrogen and oxygen atoms in total. The topological polar surface area (TPSA) is 67.0 Å². The van der Waals surface area contributed by atoms with Crippen molar-refractivity contribution < 1.29 is 9.53 Å². The van der Waals surface area contributed by atoms with Crippen molar-refractivity contribution in [3.8, 4) is 0 Å². The lowest BCUT2D eigenvalue weighted by Crippen LogP contribution is -2.35. The predicted octanol–water partition coefficient (Wildman–Crippen LogP) is 2.24. The fourth-order valence-corrected chi connectivity index (χ4v) is 2.87. The van der Waals surface area contributed by atoms with E-state index < -0.39 is 0 Å². The molecule has 1 aromatic heterocycles. The van der Waals surface area contributed by atoms with Crippen LogP contribution < -0.4 is 5.32 Å². The van der Waals surface area contributed by atoms with Gasteiger partial charge in [-0.25, -0.2) is 0 Å². The molecule has 1 saturated carbocycles. The van der Waals surface area contributed by atoms with Gasteiger partial charge in [0, 0.05) is 23.8 Å². The van der Waals surface area contributed by atoms with Gasteiger partial charge in [0.05, 0.1) is 18.2 Å². The fourth-order valence-electron chi connectivity index (χ4n) is 2.87. The largest absolute Gasteiger partial charge is 0.466 e. The number of hydrogen-bond acceptors (Lipinski definition) is 4. The highest BCUT2D eigenvalue weighted by atomic mass is 16.5. The lowest BCUT2D eigenvalue weighted by molar-refractivity contribution is -0.149. The molecule has 0 aliphatic heterocycles. The standard InChI is InChI=1S/C15H25N3O2/c1-4-20-15(19)12-5-7-13(8-6-12)16-9-14-10(2)17-18-11(14)3/h12-13,16H,4-9H2,1-3H3,(H,17,18). The van der Waals surface area contributed by atoms with Gasteiger partial charge in [0.2, 0.25) is 0 Å². The first-order valence-corrected chi connectivity index (χ1v) is 7.52. The van der Waals surface area contributed by atoms with E-state index in [1.54, 1.807) is 0 Å². The van der Waals surface area contributed by atoms with Crippen LogP contribution in [0.2, 0.25) is 0 Å². The molecule has 0 saturated heterocycles. The van der Waals surface area contributed by atoms with Gasteiger partial charge in [0.25, 0.3) is 0 Å². The fraction of sp³-hybridized carbons (Fsp3) is 0.733. The lowest BCUT2D eigenvalue weighted by atomic mass is 9.86. The molecule has 1 heterocycles. The van der Waals surface area contributed by atoms with Crippen molar-refractivity contribution in [3.05, 3.63) is 17.0 Å². The van der Waals surface area contributed by atoms with E-state index in [0.29, 0.717) is 12.6 Å². The zero-order valence-corrected chi connectivity index (χ0v) is 12.7. The second-order valence-electron chi connectivity index (χ2n) is 5.59. The van der Waals surface area contributed by atoms with Crippen LogP contribution in [0.5, 0.6) is 0 Å². The lowest BCUT2D eigenvalue weighted by Gasteiger charge is -2.28. The van der Waals surface area contributed by atoms with Crippen molar-refractivity contribution in [2.45, 2.75) is 59.0 Å². The molecule has 0 radical (unpaired) electrons. The van der Waals surface area contributed by atoms with E-state index in [1.807, 2.05) is 13.8 Å². The molecule has 112 valence electrons. The molecule has 0 unspecified atom stereocenters. The van der Waals surface area contributed by atoms with Crippen molar-refractivity contribution in [1.29, 1.82) is 0 Å². The summed E-state index contributed by atoms with van der Waals surface area (Å²) in [6.45, 7) is 7.27. The van der Waals surface area contributed by atoms with Gasteiger partial charge in [0.1, 0.15) is 0 Å². The quantitative estimate of drug-likeness (QED) is 0.811. The normalized spacial score (nSPS) is 22.8. The Morgan fingerprint density at radius 3 is 2.60 bits per heavy atom. The number of carbonyl (C=O) groups is 1. The molecular formula is C15H25N3O2. The zero-order valence-electron chi connectivity index (χ0n) is 12.7. The molecule has 20 heavy (non-hydrogen) atoms. The summed E-state index contributed by atoms with van der Waals surface area (Å²) in [5.41, 5.74) is 3.46. The molecule has 0 amide bonds. The average Bonchev–Trinajstić information content (AvgIpc) is 2.77. The predicted molar refractivity (Wildman–Crippen MR) is 77.3 cm³/mol. The summed E-state index contributed by atoms with van der Waals surface area (Å²) in [6.07, 6.45) is 3.94. The van der Waals surface area contributed by atoms with Crippen LogP contribution in [-0.2, 0) is 16.1 Å². The van der Waals surface area contributed by atoms with E-state index in [1.165, 1.54) is 5.56 Å². The Bertz CT molecular complexity index is 428. The number of hydrogen-bond donors (Lipinski definition) is 2. The number of rotatable bonds is 5. The van der Waals surface area contributed by atoms with Crippen LogP contribution in [0.4, 0.5) is 0 Å². The van der Waals surface area contributed by atoms with E-state index in [9.17, 15) is 4.79 Å². The van der Waals surface area contributed by atoms with Gasteiger partial charge in [-0.05, 0) is 46.5 Å². The highest BCUT2D eigenvalue weighted by Gasteiger charge is 2.27. The maximum atomic E-state index is 11.7. The van der Waals surface area contributed by atoms with Gasteiger partial charge in [0.15, 0.2) is 0 Å². The van der Waals surface area contributed by atoms with Gasteiger partial charge in [-0.2, -0.15) is 5.10 Å². The first-order valence-electron chi connectivity index (χ1n) is 7.52. The first-order chi connectivity index (χ1) is 9.61. The number of H-pyrrole nitrogens is 1. The van der Waals surface area contributed by atoms with Gasteiger partial charge in [-0.15, -0.1) is 0 Å². The third-order valence-corrected chi connectivity index (χ3v) is 4.20. The van der Waals surface area contributed by atoms with Crippen molar-refractivity contribution >= 4 is 5.97 Å². The van der Waals surface area contributed by atoms with Crippen molar-refractivity contribution in [1.82, 2.24) is 15.5 Å². The monoisotopic (exact) mass is 279 g/mol. The maximum Gasteiger partial charge on any atom is 0.308 e. The Kier molecular flexibility index (Phi) is 5.17. The summed E-state index contributed by atoms with van der Waals surface area (Å²) < 4.78 is 5.10. The molecular weight excluding hydrogens is 254 g/mol. The minimum absolute atomic E-state index is 0.0209. The van der Waals surface area contributed by atoms with Crippen molar-refractivity contribution in [2.75, 3.05) is 6.61 Å². The second-order valence-corrected chi connectivity index (χ2v) is 5.59. The number of nitrogens with zero attached hydrogens (tertiary/aromatic N) is 1. The number of esters is 1. The Morgan fingerprint density at radius 1 is 1.35 bits per heavy atom. The molecule has 0 bridgehead atoms. The third kappa shape index (κ3) is 3.60. The molecule has 0 atom stereocenters. The first kappa shape index (κ1) is 15.0. The molecule has 1 aromatic rings. The summed E-state index contributed by atoms with van der Waals surface area (Å²) in [6, 6.07) is 0.495. The van der Waals surface area contributed by atoms with E-state index in [-0.39, 0.29) is 11.9 Å². The number of ether oxygens (including phenoxy) is 1. The molecule has 5 heteroatoms. The molecule has 0 aromatic carbocycles. The van der Waals surface area contributed by atoms with Crippen LogP contribution in [0, 0.1) is 19.8 Å². The van der Waals surface area contributed by atoms with Crippen LogP contribution in [0.15, 0.2) is 0 Å². The number of aromatic nitrogens is 2. The Morgan fingerprint density at radius 2 is 2.05 bits per heavy atom.